The molecular formula is C14H24F3NO3. The molecule has 0 amide bonds. The van der Waals surface area contributed by atoms with Crippen LogP contribution in [0.5, 0.6) is 0 Å². The molecule has 1 saturated carbocycles. The molecule has 0 saturated heterocycles. The first-order valence-corrected chi connectivity index (χ1v) is 7.44. The third-order valence-corrected chi connectivity index (χ3v) is 4.03. The van der Waals surface area contributed by atoms with Crippen LogP contribution < -0.4 is 5.32 Å². The van der Waals surface area contributed by atoms with Gasteiger partial charge in [0.1, 0.15) is 5.54 Å². The van der Waals surface area contributed by atoms with Crippen LogP contribution in [0.4, 0.5) is 13.2 Å². The molecule has 0 spiro atoms. The maximum atomic E-state index is 12.0. The van der Waals surface area contributed by atoms with Gasteiger partial charge in [-0.05, 0) is 38.1 Å². The maximum absolute atomic E-state index is 12.0. The van der Waals surface area contributed by atoms with E-state index >= 15 is 0 Å². The van der Waals surface area contributed by atoms with Crippen molar-refractivity contribution in [3.05, 3.63) is 0 Å². The fourth-order valence-electron chi connectivity index (χ4n) is 2.92. The second-order valence-electron chi connectivity index (χ2n) is 5.56. The van der Waals surface area contributed by atoms with Crippen LogP contribution in [0.3, 0.4) is 0 Å². The molecular weight excluding hydrogens is 287 g/mol. The molecule has 0 aliphatic heterocycles. The Bertz CT molecular complexity index is 336. The summed E-state index contributed by atoms with van der Waals surface area (Å²) in [5.41, 5.74) is -0.941. The number of carboxylic acids is 1. The molecule has 2 atom stereocenters. The zero-order valence-electron chi connectivity index (χ0n) is 12.3. The molecule has 0 aromatic carbocycles. The topological polar surface area (TPSA) is 58.6 Å². The largest absolute Gasteiger partial charge is 0.480 e. The minimum atomic E-state index is -4.21. The number of carboxylic acid groups (broad SMARTS) is 1. The lowest BCUT2D eigenvalue weighted by atomic mass is 9.84. The van der Waals surface area contributed by atoms with Crippen LogP contribution in [0.2, 0.25) is 0 Å². The fourth-order valence-corrected chi connectivity index (χ4v) is 2.92. The summed E-state index contributed by atoms with van der Waals surface area (Å²) < 4.78 is 41.0. The van der Waals surface area contributed by atoms with Crippen LogP contribution in [0.1, 0.15) is 45.4 Å². The van der Waals surface area contributed by atoms with Crippen molar-refractivity contribution in [3.63, 3.8) is 0 Å². The number of alkyl halides is 3. The van der Waals surface area contributed by atoms with Crippen LogP contribution in [0, 0.1) is 5.92 Å². The molecule has 0 aromatic rings. The number of rotatable bonds is 9. The Morgan fingerprint density at radius 2 is 2.14 bits per heavy atom. The van der Waals surface area contributed by atoms with Gasteiger partial charge >= 0.3 is 12.1 Å². The lowest BCUT2D eigenvalue weighted by Crippen LogP contribution is -2.55. The van der Waals surface area contributed by atoms with Gasteiger partial charge in [-0.15, -0.1) is 0 Å². The molecule has 2 unspecified atom stereocenters. The Morgan fingerprint density at radius 1 is 1.43 bits per heavy atom. The van der Waals surface area contributed by atoms with E-state index in [1.165, 1.54) is 0 Å². The molecule has 1 rings (SSSR count). The smallest absolute Gasteiger partial charge is 0.391 e. The van der Waals surface area contributed by atoms with Gasteiger partial charge in [0.2, 0.25) is 0 Å². The van der Waals surface area contributed by atoms with Gasteiger partial charge in [0.15, 0.2) is 0 Å². The third-order valence-electron chi connectivity index (χ3n) is 4.03. The van der Waals surface area contributed by atoms with Crippen molar-refractivity contribution >= 4 is 5.97 Å². The normalized spacial score (nSPS) is 26.2. The molecule has 0 heterocycles. The lowest BCUT2D eigenvalue weighted by Gasteiger charge is -2.32. The minimum Gasteiger partial charge on any atom is -0.480 e. The number of hydrogen-bond donors (Lipinski definition) is 2. The van der Waals surface area contributed by atoms with E-state index in [4.69, 9.17) is 4.74 Å². The molecule has 4 nitrogen and oxygen atoms in total. The highest BCUT2D eigenvalue weighted by Crippen LogP contribution is 2.38. The van der Waals surface area contributed by atoms with Crippen molar-refractivity contribution in [2.24, 2.45) is 5.92 Å². The van der Waals surface area contributed by atoms with Gasteiger partial charge in [0.25, 0.3) is 0 Å². The standard InChI is InChI=1S/C14H24F3NO3/c1-2-8-18-13(12(19)20)6-3-4-11(13)5-9-21-10-7-14(15,16)17/h11,18H,2-10H2,1H3,(H,19,20). The average molecular weight is 311 g/mol. The first kappa shape index (κ1) is 18.2. The Balaban J connectivity index is 2.43. The molecule has 0 aromatic heterocycles. The van der Waals surface area contributed by atoms with Crippen LogP contribution in [-0.4, -0.2) is 42.5 Å². The summed E-state index contributed by atoms with van der Waals surface area (Å²) in [5.74, 6) is -0.957. The van der Waals surface area contributed by atoms with Gasteiger partial charge in [-0.25, -0.2) is 0 Å². The molecule has 1 fully saturated rings. The van der Waals surface area contributed by atoms with E-state index in [0.29, 0.717) is 19.4 Å². The van der Waals surface area contributed by atoms with Crippen LogP contribution in [0.25, 0.3) is 0 Å². The molecule has 124 valence electrons. The highest BCUT2D eigenvalue weighted by atomic mass is 19.4. The van der Waals surface area contributed by atoms with Crippen LogP contribution >= 0.6 is 0 Å². The number of carbonyl (C=O) groups is 1. The number of aliphatic carboxylic acids is 1. The Morgan fingerprint density at radius 3 is 2.71 bits per heavy atom. The van der Waals surface area contributed by atoms with Crippen molar-refractivity contribution in [2.75, 3.05) is 19.8 Å². The van der Waals surface area contributed by atoms with Crippen molar-refractivity contribution in [2.45, 2.75) is 57.2 Å². The van der Waals surface area contributed by atoms with Gasteiger partial charge in [-0.3, -0.25) is 4.79 Å². The summed E-state index contributed by atoms with van der Waals surface area (Å²) in [6.45, 7) is 2.40. The lowest BCUT2D eigenvalue weighted by molar-refractivity contribution is -0.147. The summed E-state index contributed by atoms with van der Waals surface area (Å²) in [6.07, 6.45) is -1.71. The van der Waals surface area contributed by atoms with Gasteiger partial charge in [0, 0.05) is 6.61 Å². The van der Waals surface area contributed by atoms with Gasteiger partial charge < -0.3 is 15.2 Å². The van der Waals surface area contributed by atoms with E-state index in [0.717, 1.165) is 19.3 Å². The predicted molar refractivity (Wildman–Crippen MR) is 72.1 cm³/mol. The second-order valence-corrected chi connectivity index (χ2v) is 5.56. The molecule has 21 heavy (non-hydrogen) atoms. The van der Waals surface area contributed by atoms with Gasteiger partial charge in [-0.1, -0.05) is 13.3 Å². The third kappa shape index (κ3) is 5.47. The summed E-state index contributed by atoms with van der Waals surface area (Å²) in [7, 11) is 0. The van der Waals surface area contributed by atoms with Gasteiger partial charge in [0.05, 0.1) is 13.0 Å². The monoisotopic (exact) mass is 311 g/mol. The van der Waals surface area contributed by atoms with Crippen LogP contribution in [0.15, 0.2) is 0 Å². The Kier molecular flexibility index (Phi) is 6.93. The van der Waals surface area contributed by atoms with Gasteiger partial charge in [-0.2, -0.15) is 13.2 Å². The number of hydrogen-bond acceptors (Lipinski definition) is 3. The summed E-state index contributed by atoms with van der Waals surface area (Å²) >= 11 is 0. The molecule has 1 aliphatic rings. The number of halogens is 3. The predicted octanol–water partition coefficient (Wildman–Crippen LogP) is 2.97. The summed E-state index contributed by atoms with van der Waals surface area (Å²) in [5, 5.41) is 12.6. The molecule has 2 N–H and O–H groups in total. The highest BCUT2D eigenvalue weighted by molar-refractivity contribution is 5.79. The summed E-state index contributed by atoms with van der Waals surface area (Å²) in [6, 6.07) is 0. The van der Waals surface area contributed by atoms with E-state index in [1.54, 1.807) is 0 Å². The van der Waals surface area contributed by atoms with E-state index in [-0.39, 0.29) is 19.1 Å². The fraction of sp³-hybridized carbons (Fsp3) is 0.929. The zero-order chi connectivity index (χ0) is 15.9. The first-order valence-electron chi connectivity index (χ1n) is 7.44. The van der Waals surface area contributed by atoms with E-state index in [9.17, 15) is 23.1 Å². The SMILES string of the molecule is CCCNC1(C(=O)O)CCCC1CCOCCC(F)(F)F. The highest BCUT2D eigenvalue weighted by Gasteiger charge is 2.48. The van der Waals surface area contributed by atoms with Crippen molar-refractivity contribution in [3.8, 4) is 0 Å². The van der Waals surface area contributed by atoms with Crippen molar-refractivity contribution in [1.29, 1.82) is 0 Å². The Labute approximate surface area is 123 Å². The van der Waals surface area contributed by atoms with Crippen molar-refractivity contribution in [1.82, 2.24) is 5.32 Å². The second kappa shape index (κ2) is 7.98. The molecule has 7 heteroatoms. The summed E-state index contributed by atoms with van der Waals surface area (Å²) in [4.78, 5) is 11.6. The first-order chi connectivity index (χ1) is 9.82. The van der Waals surface area contributed by atoms with E-state index in [1.807, 2.05) is 6.92 Å². The quantitative estimate of drug-likeness (QED) is 0.643. The Hall–Kier alpha value is -0.820. The van der Waals surface area contributed by atoms with Crippen LogP contribution in [-0.2, 0) is 9.53 Å². The number of ether oxygens (including phenoxy) is 1. The van der Waals surface area contributed by atoms with E-state index in [2.05, 4.69) is 5.32 Å². The average Bonchev–Trinajstić information content (AvgIpc) is 2.79. The maximum Gasteiger partial charge on any atom is 0.391 e. The van der Waals surface area contributed by atoms with E-state index < -0.39 is 24.1 Å². The zero-order valence-corrected chi connectivity index (χ0v) is 12.3. The minimum absolute atomic E-state index is 0.0903. The molecule has 0 radical (unpaired) electrons. The molecule has 1 aliphatic carbocycles. The molecule has 0 bridgehead atoms. The number of nitrogens with one attached hydrogen (secondary N) is 1. The van der Waals surface area contributed by atoms with Crippen molar-refractivity contribution < 1.29 is 27.8 Å².